The van der Waals surface area contributed by atoms with Crippen LogP contribution in [0.1, 0.15) is 28.9 Å². The summed E-state index contributed by atoms with van der Waals surface area (Å²) in [5.41, 5.74) is 0.992. The summed E-state index contributed by atoms with van der Waals surface area (Å²) in [4.78, 5) is 19.7. The van der Waals surface area contributed by atoms with Gasteiger partial charge in [-0.25, -0.2) is 14.8 Å². The Balaban J connectivity index is 1.97. The number of carbonyl (C=O) groups is 1. The minimum absolute atomic E-state index is 0.231. The van der Waals surface area contributed by atoms with E-state index in [1.54, 1.807) is 6.92 Å². The average molecular weight is 251 g/mol. The summed E-state index contributed by atoms with van der Waals surface area (Å²) < 4.78 is 10.1. The van der Waals surface area contributed by atoms with Gasteiger partial charge in [0.1, 0.15) is 0 Å². The van der Waals surface area contributed by atoms with Gasteiger partial charge in [-0.15, -0.1) is 0 Å². The zero-order chi connectivity index (χ0) is 13.0. The van der Waals surface area contributed by atoms with E-state index in [4.69, 9.17) is 4.74 Å². The first-order valence-electron chi connectivity index (χ1n) is 5.98. The predicted molar refractivity (Wildman–Crippen MR) is 65.6 cm³/mol. The first-order valence-corrected chi connectivity index (χ1v) is 5.98. The van der Waals surface area contributed by atoms with Crippen LogP contribution in [0.2, 0.25) is 0 Å². The van der Waals surface area contributed by atoms with Gasteiger partial charge in [-0.2, -0.15) is 0 Å². The molecule has 0 radical (unpaired) electrons. The molecule has 0 spiro atoms. The van der Waals surface area contributed by atoms with Crippen LogP contribution >= 0.6 is 0 Å². The van der Waals surface area contributed by atoms with Crippen LogP contribution in [0.4, 0.5) is 5.95 Å². The molecule has 1 saturated heterocycles. The SMILES string of the molecule is COC(=O)c1cnc(NC[C@@H]2CCCO2)nc1C. The zero-order valence-corrected chi connectivity index (χ0v) is 10.6. The summed E-state index contributed by atoms with van der Waals surface area (Å²) >= 11 is 0. The molecule has 1 aliphatic rings. The van der Waals surface area contributed by atoms with E-state index < -0.39 is 5.97 Å². The second-order valence-electron chi connectivity index (χ2n) is 4.20. The third kappa shape index (κ3) is 2.95. The molecule has 0 aromatic carbocycles. The first-order chi connectivity index (χ1) is 8.70. The molecule has 1 aliphatic heterocycles. The Kier molecular flexibility index (Phi) is 4.09. The number of ether oxygens (including phenoxy) is 2. The third-order valence-corrected chi connectivity index (χ3v) is 2.90. The molecular weight excluding hydrogens is 234 g/mol. The van der Waals surface area contributed by atoms with Crippen LogP contribution in [0.3, 0.4) is 0 Å². The van der Waals surface area contributed by atoms with Crippen molar-refractivity contribution in [2.45, 2.75) is 25.9 Å². The molecule has 2 rings (SSSR count). The normalized spacial score (nSPS) is 18.7. The summed E-state index contributed by atoms with van der Waals surface area (Å²) in [6.07, 6.45) is 3.88. The first kappa shape index (κ1) is 12.8. The Morgan fingerprint density at radius 3 is 3.11 bits per heavy atom. The molecule has 98 valence electrons. The quantitative estimate of drug-likeness (QED) is 0.809. The van der Waals surface area contributed by atoms with Gasteiger partial charge in [0.15, 0.2) is 0 Å². The topological polar surface area (TPSA) is 73.3 Å². The van der Waals surface area contributed by atoms with Crippen molar-refractivity contribution in [3.8, 4) is 0 Å². The number of methoxy groups -OCH3 is 1. The second kappa shape index (κ2) is 5.77. The van der Waals surface area contributed by atoms with Gasteiger partial charge in [-0.1, -0.05) is 0 Å². The number of aryl methyl sites for hydroxylation is 1. The number of rotatable bonds is 4. The fourth-order valence-corrected chi connectivity index (χ4v) is 1.87. The number of carbonyl (C=O) groups excluding carboxylic acids is 1. The van der Waals surface area contributed by atoms with Crippen LogP contribution < -0.4 is 5.32 Å². The number of aromatic nitrogens is 2. The van der Waals surface area contributed by atoms with E-state index in [2.05, 4.69) is 20.0 Å². The van der Waals surface area contributed by atoms with Gasteiger partial charge in [0.05, 0.1) is 24.5 Å². The van der Waals surface area contributed by atoms with Crippen molar-refractivity contribution in [3.05, 3.63) is 17.5 Å². The smallest absolute Gasteiger partial charge is 0.341 e. The number of nitrogens with zero attached hydrogens (tertiary/aromatic N) is 2. The highest BCUT2D eigenvalue weighted by molar-refractivity contribution is 5.90. The molecule has 0 bridgehead atoms. The Morgan fingerprint density at radius 2 is 2.50 bits per heavy atom. The molecule has 0 saturated carbocycles. The molecule has 1 fully saturated rings. The lowest BCUT2D eigenvalue weighted by atomic mass is 10.2. The van der Waals surface area contributed by atoms with Gasteiger partial charge in [-0.3, -0.25) is 0 Å². The monoisotopic (exact) mass is 251 g/mol. The van der Waals surface area contributed by atoms with E-state index >= 15 is 0 Å². The molecule has 0 unspecified atom stereocenters. The third-order valence-electron chi connectivity index (χ3n) is 2.90. The molecule has 0 aliphatic carbocycles. The minimum Gasteiger partial charge on any atom is -0.465 e. The van der Waals surface area contributed by atoms with E-state index in [0.29, 0.717) is 23.8 Å². The van der Waals surface area contributed by atoms with Crippen LogP contribution in [0.25, 0.3) is 0 Å². The highest BCUT2D eigenvalue weighted by Crippen LogP contribution is 2.13. The number of hydrogen-bond acceptors (Lipinski definition) is 6. The van der Waals surface area contributed by atoms with Crippen LogP contribution in [0.15, 0.2) is 6.20 Å². The number of esters is 1. The highest BCUT2D eigenvalue weighted by atomic mass is 16.5. The van der Waals surface area contributed by atoms with Crippen molar-refractivity contribution in [2.75, 3.05) is 25.6 Å². The minimum atomic E-state index is -0.418. The summed E-state index contributed by atoms with van der Waals surface area (Å²) in [6, 6.07) is 0. The maximum absolute atomic E-state index is 11.4. The average Bonchev–Trinajstić information content (AvgIpc) is 2.88. The number of nitrogens with one attached hydrogen (secondary N) is 1. The molecular formula is C12H17N3O3. The Labute approximate surface area is 106 Å². The second-order valence-corrected chi connectivity index (χ2v) is 4.20. The fourth-order valence-electron chi connectivity index (χ4n) is 1.87. The van der Waals surface area contributed by atoms with E-state index in [1.165, 1.54) is 13.3 Å². The maximum Gasteiger partial charge on any atom is 0.341 e. The van der Waals surface area contributed by atoms with Gasteiger partial charge >= 0.3 is 5.97 Å². The van der Waals surface area contributed by atoms with Crippen molar-refractivity contribution in [3.63, 3.8) is 0 Å². The van der Waals surface area contributed by atoms with Crippen LogP contribution in [-0.2, 0) is 9.47 Å². The maximum atomic E-state index is 11.4. The molecule has 18 heavy (non-hydrogen) atoms. The van der Waals surface area contributed by atoms with Gasteiger partial charge in [0.2, 0.25) is 5.95 Å². The van der Waals surface area contributed by atoms with E-state index in [1.807, 2.05) is 0 Å². The zero-order valence-electron chi connectivity index (χ0n) is 10.6. The largest absolute Gasteiger partial charge is 0.465 e. The van der Waals surface area contributed by atoms with E-state index in [0.717, 1.165) is 19.4 Å². The van der Waals surface area contributed by atoms with Crippen molar-refractivity contribution < 1.29 is 14.3 Å². The van der Waals surface area contributed by atoms with Gasteiger partial charge in [0.25, 0.3) is 0 Å². The van der Waals surface area contributed by atoms with Gasteiger partial charge in [-0.05, 0) is 19.8 Å². The van der Waals surface area contributed by atoms with Gasteiger partial charge < -0.3 is 14.8 Å². The molecule has 1 aromatic heterocycles. The fraction of sp³-hybridized carbons (Fsp3) is 0.583. The van der Waals surface area contributed by atoms with E-state index in [9.17, 15) is 4.79 Å². The summed E-state index contributed by atoms with van der Waals surface area (Å²) in [5.74, 6) is 0.0915. The Bertz CT molecular complexity index is 431. The van der Waals surface area contributed by atoms with Crippen molar-refractivity contribution >= 4 is 11.9 Å². The number of hydrogen-bond donors (Lipinski definition) is 1. The summed E-state index contributed by atoms with van der Waals surface area (Å²) in [6.45, 7) is 3.27. The van der Waals surface area contributed by atoms with Crippen molar-refractivity contribution in [2.24, 2.45) is 0 Å². The molecule has 1 N–H and O–H groups in total. The standard InChI is InChI=1S/C12H17N3O3/c1-8-10(11(16)17-2)7-14-12(15-8)13-6-9-4-3-5-18-9/h7,9H,3-6H2,1-2H3,(H,13,14,15)/t9-/m0/s1. The van der Waals surface area contributed by atoms with Crippen LogP contribution in [0, 0.1) is 6.92 Å². The molecule has 0 amide bonds. The number of anilines is 1. The van der Waals surface area contributed by atoms with Gasteiger partial charge in [0, 0.05) is 19.3 Å². The van der Waals surface area contributed by atoms with Crippen LogP contribution in [-0.4, -0.2) is 42.3 Å². The molecule has 6 heteroatoms. The Morgan fingerprint density at radius 1 is 1.67 bits per heavy atom. The lowest BCUT2D eigenvalue weighted by Crippen LogP contribution is -2.20. The lowest BCUT2D eigenvalue weighted by Gasteiger charge is -2.11. The van der Waals surface area contributed by atoms with E-state index in [-0.39, 0.29) is 6.10 Å². The summed E-state index contributed by atoms with van der Waals surface area (Å²) in [7, 11) is 1.34. The van der Waals surface area contributed by atoms with Crippen LogP contribution in [0.5, 0.6) is 0 Å². The van der Waals surface area contributed by atoms with Crippen molar-refractivity contribution in [1.29, 1.82) is 0 Å². The molecule has 1 atom stereocenters. The molecule has 6 nitrogen and oxygen atoms in total. The molecule has 1 aromatic rings. The lowest BCUT2D eigenvalue weighted by molar-refractivity contribution is 0.0599. The summed E-state index contributed by atoms with van der Waals surface area (Å²) in [5, 5.41) is 3.11. The Hall–Kier alpha value is -1.69. The predicted octanol–water partition coefficient (Wildman–Crippen LogP) is 1.16. The highest BCUT2D eigenvalue weighted by Gasteiger charge is 2.16. The van der Waals surface area contributed by atoms with Crippen molar-refractivity contribution in [1.82, 2.24) is 9.97 Å². The molecule has 2 heterocycles.